The molecule has 0 aliphatic carbocycles. The van der Waals surface area contributed by atoms with Gasteiger partial charge < -0.3 is 0 Å². The van der Waals surface area contributed by atoms with Crippen molar-refractivity contribution < 1.29 is 9.59 Å². The van der Waals surface area contributed by atoms with E-state index in [0.29, 0.717) is 12.1 Å². The van der Waals surface area contributed by atoms with Crippen LogP contribution < -0.4 is 9.91 Å². The number of nitrogens with zero attached hydrogens (tertiary/aromatic N) is 3. The molecule has 0 radical (unpaired) electrons. The molecule has 2 amide bonds. The van der Waals surface area contributed by atoms with Crippen molar-refractivity contribution in [1.29, 1.82) is 0 Å². The molecule has 2 fully saturated rings. The zero-order valence-corrected chi connectivity index (χ0v) is 26.5. The maximum absolute atomic E-state index is 14.5. The van der Waals surface area contributed by atoms with Crippen molar-refractivity contribution in [3.63, 3.8) is 0 Å². The van der Waals surface area contributed by atoms with Gasteiger partial charge in [-0.15, -0.1) is 0 Å². The SMILES string of the molecule is O=C1C2C(c3ccc(Br)cc3)C=C3CC(c4ccc(Br)cc4)N(c4ccccc4)N3C2C(=O)N1c1ccc(Br)cc1. The van der Waals surface area contributed by atoms with Crippen LogP contribution in [0.1, 0.15) is 29.5 Å². The van der Waals surface area contributed by atoms with Crippen LogP contribution in [0.5, 0.6) is 0 Å². The second-order valence-electron chi connectivity index (χ2n) is 10.5. The first kappa shape index (κ1) is 26.7. The predicted octanol–water partition coefficient (Wildman–Crippen LogP) is 8.38. The van der Waals surface area contributed by atoms with Gasteiger partial charge in [-0.25, -0.2) is 4.90 Å². The summed E-state index contributed by atoms with van der Waals surface area (Å²) in [5.74, 6) is -1.19. The Kier molecular flexibility index (Phi) is 6.88. The first-order valence-electron chi connectivity index (χ1n) is 13.4. The summed E-state index contributed by atoms with van der Waals surface area (Å²) in [7, 11) is 0. The summed E-state index contributed by atoms with van der Waals surface area (Å²) in [5, 5.41) is 4.34. The molecule has 3 aliphatic heterocycles. The number of amides is 2. The molecular weight excluding hydrogens is 710 g/mol. The Morgan fingerprint density at radius 2 is 1.15 bits per heavy atom. The second-order valence-corrected chi connectivity index (χ2v) is 13.2. The summed E-state index contributed by atoms with van der Waals surface area (Å²) in [6.45, 7) is 0. The van der Waals surface area contributed by atoms with E-state index in [-0.39, 0.29) is 23.8 Å². The van der Waals surface area contributed by atoms with Crippen molar-refractivity contribution in [3.05, 3.63) is 139 Å². The molecule has 5 nitrogen and oxygen atoms in total. The van der Waals surface area contributed by atoms with Crippen molar-refractivity contribution in [3.8, 4) is 0 Å². The molecule has 0 aromatic heterocycles. The Morgan fingerprint density at radius 3 is 1.76 bits per heavy atom. The number of hydrogen-bond acceptors (Lipinski definition) is 4. The van der Waals surface area contributed by atoms with Crippen LogP contribution in [-0.4, -0.2) is 22.9 Å². The third-order valence-corrected chi connectivity index (χ3v) is 9.77. The van der Waals surface area contributed by atoms with Gasteiger partial charge in [-0.2, -0.15) is 0 Å². The number of carbonyl (C=O) groups excluding carboxylic acids is 2. The van der Waals surface area contributed by atoms with Gasteiger partial charge in [0.2, 0.25) is 5.91 Å². The molecule has 4 unspecified atom stereocenters. The molecule has 4 atom stereocenters. The highest BCUT2D eigenvalue weighted by Crippen LogP contribution is 2.52. The number of anilines is 2. The average molecular weight is 734 g/mol. The summed E-state index contributed by atoms with van der Waals surface area (Å²) in [6.07, 6.45) is 2.93. The van der Waals surface area contributed by atoms with Crippen LogP contribution in [0.2, 0.25) is 0 Å². The number of carbonyl (C=O) groups is 2. The highest BCUT2D eigenvalue weighted by Gasteiger charge is 2.60. The summed E-state index contributed by atoms with van der Waals surface area (Å²) in [5.41, 5.74) is 4.78. The Balaban J connectivity index is 1.41. The highest BCUT2D eigenvalue weighted by molar-refractivity contribution is 9.11. The molecule has 0 N–H and O–H groups in total. The van der Waals surface area contributed by atoms with Crippen LogP contribution in [0, 0.1) is 5.92 Å². The number of rotatable bonds is 4. The van der Waals surface area contributed by atoms with Crippen LogP contribution in [0.25, 0.3) is 0 Å². The van der Waals surface area contributed by atoms with Gasteiger partial charge in [0.25, 0.3) is 5.91 Å². The molecule has 41 heavy (non-hydrogen) atoms. The lowest BCUT2D eigenvalue weighted by Gasteiger charge is -2.43. The minimum absolute atomic E-state index is 0.0364. The number of allylic oxidation sites excluding steroid dienone is 1. The van der Waals surface area contributed by atoms with E-state index in [2.05, 4.69) is 112 Å². The van der Waals surface area contributed by atoms with Gasteiger partial charge >= 0.3 is 0 Å². The van der Waals surface area contributed by atoms with E-state index in [9.17, 15) is 9.59 Å². The van der Waals surface area contributed by atoms with Gasteiger partial charge in [-0.1, -0.05) is 96.3 Å². The van der Waals surface area contributed by atoms with E-state index < -0.39 is 12.0 Å². The smallest absolute Gasteiger partial charge is 0.259 e. The van der Waals surface area contributed by atoms with E-state index in [1.807, 2.05) is 54.6 Å². The van der Waals surface area contributed by atoms with E-state index >= 15 is 0 Å². The quantitative estimate of drug-likeness (QED) is 0.198. The number of benzene rings is 4. The van der Waals surface area contributed by atoms with E-state index in [0.717, 1.165) is 35.9 Å². The number of hydrazine groups is 1. The number of para-hydroxylation sites is 1. The minimum atomic E-state index is -0.680. The number of hydrogen-bond donors (Lipinski definition) is 0. The van der Waals surface area contributed by atoms with Crippen molar-refractivity contribution in [2.75, 3.05) is 9.91 Å². The number of imide groups is 1. The fourth-order valence-corrected chi connectivity index (χ4v) is 7.18. The molecule has 4 aromatic rings. The molecule has 0 bridgehead atoms. The zero-order chi connectivity index (χ0) is 28.2. The Bertz CT molecular complexity index is 1660. The van der Waals surface area contributed by atoms with Gasteiger partial charge in [-0.3, -0.25) is 19.6 Å². The number of fused-ring (bicyclic) bond motifs is 3. The predicted molar refractivity (Wildman–Crippen MR) is 171 cm³/mol. The maximum Gasteiger partial charge on any atom is 0.259 e. The van der Waals surface area contributed by atoms with Crippen molar-refractivity contribution >= 4 is 71.0 Å². The van der Waals surface area contributed by atoms with Gasteiger partial charge in [-0.05, 0) is 71.8 Å². The third kappa shape index (κ3) is 4.57. The van der Waals surface area contributed by atoms with Crippen LogP contribution in [0.3, 0.4) is 0 Å². The van der Waals surface area contributed by atoms with E-state index in [1.54, 1.807) is 0 Å². The number of halogens is 3. The summed E-state index contributed by atoms with van der Waals surface area (Å²) < 4.78 is 2.88. The lowest BCUT2D eigenvalue weighted by atomic mass is 9.78. The van der Waals surface area contributed by atoms with Gasteiger partial charge in [0, 0.05) is 31.5 Å². The monoisotopic (exact) mass is 731 g/mol. The Labute approximate surface area is 263 Å². The largest absolute Gasteiger partial charge is 0.277 e. The summed E-state index contributed by atoms with van der Waals surface area (Å²) in [4.78, 5) is 30.2. The fourth-order valence-electron chi connectivity index (χ4n) is 6.38. The second kappa shape index (κ2) is 10.6. The van der Waals surface area contributed by atoms with Crippen LogP contribution in [0.15, 0.2) is 128 Å². The lowest BCUT2D eigenvalue weighted by Crippen LogP contribution is -2.53. The Hall–Kier alpha value is -3.20. The van der Waals surface area contributed by atoms with Gasteiger partial charge in [0.1, 0.15) is 6.04 Å². The molecule has 7 rings (SSSR count). The zero-order valence-electron chi connectivity index (χ0n) is 21.7. The van der Waals surface area contributed by atoms with E-state index in [4.69, 9.17) is 0 Å². The fraction of sp³-hybridized carbons (Fsp3) is 0.152. The minimum Gasteiger partial charge on any atom is -0.277 e. The summed E-state index contributed by atoms with van der Waals surface area (Å²) >= 11 is 10.6. The molecule has 4 aromatic carbocycles. The average Bonchev–Trinajstić information content (AvgIpc) is 3.49. The van der Waals surface area contributed by atoms with Crippen molar-refractivity contribution in [2.24, 2.45) is 5.92 Å². The van der Waals surface area contributed by atoms with Crippen LogP contribution >= 0.6 is 47.8 Å². The van der Waals surface area contributed by atoms with Crippen molar-refractivity contribution in [2.45, 2.75) is 24.4 Å². The maximum atomic E-state index is 14.5. The molecule has 204 valence electrons. The van der Waals surface area contributed by atoms with Crippen LogP contribution in [-0.2, 0) is 9.59 Å². The molecular formula is C33H24Br3N3O2. The first-order valence-corrected chi connectivity index (χ1v) is 15.8. The van der Waals surface area contributed by atoms with Gasteiger partial charge in [0.05, 0.1) is 23.3 Å². The van der Waals surface area contributed by atoms with Crippen LogP contribution in [0.4, 0.5) is 11.4 Å². The molecule has 0 spiro atoms. The van der Waals surface area contributed by atoms with Crippen molar-refractivity contribution in [1.82, 2.24) is 5.01 Å². The molecule has 2 saturated heterocycles. The summed E-state index contributed by atoms with van der Waals surface area (Å²) in [6, 6.07) is 33.3. The molecule has 3 heterocycles. The highest BCUT2D eigenvalue weighted by atomic mass is 79.9. The first-order chi connectivity index (χ1) is 19.9. The lowest BCUT2D eigenvalue weighted by molar-refractivity contribution is -0.122. The Morgan fingerprint density at radius 1 is 0.585 bits per heavy atom. The standard InChI is InChI=1S/C33H24Br3N3O2/c34-22-10-6-20(7-11-22)28-18-27-19-29(21-8-12-23(35)13-9-21)38(26-4-2-1-3-5-26)39(27)31-30(28)32(40)37(33(31)41)25-16-14-24(36)15-17-25/h1-18,28-31H,19H2. The molecule has 0 saturated carbocycles. The molecule has 8 heteroatoms. The molecule has 3 aliphatic rings. The normalized spacial score (nSPS) is 23.5. The third-order valence-electron chi connectivity index (χ3n) is 8.18. The topological polar surface area (TPSA) is 43.9 Å². The van der Waals surface area contributed by atoms with Gasteiger partial charge in [0.15, 0.2) is 0 Å². The van der Waals surface area contributed by atoms with E-state index in [1.165, 1.54) is 4.90 Å².